The van der Waals surface area contributed by atoms with E-state index in [9.17, 15) is 4.79 Å². The molecule has 0 atom stereocenters. The number of benzene rings is 3. The molecule has 0 bridgehead atoms. The lowest BCUT2D eigenvalue weighted by atomic mass is 10.1. The fourth-order valence-corrected chi connectivity index (χ4v) is 3.12. The molecular weight excluding hydrogens is 374 g/mol. The summed E-state index contributed by atoms with van der Waals surface area (Å²) in [6.45, 7) is 1.45. The molecular formula is C24H27N5O. The van der Waals surface area contributed by atoms with Crippen LogP contribution >= 0.6 is 0 Å². The van der Waals surface area contributed by atoms with Gasteiger partial charge in [0.05, 0.1) is 6.54 Å². The Hall–Kier alpha value is -3.80. The highest BCUT2D eigenvalue weighted by Crippen LogP contribution is 2.18. The highest BCUT2D eigenvalue weighted by atomic mass is 16.2. The van der Waals surface area contributed by atoms with Gasteiger partial charge in [0.2, 0.25) is 0 Å². The Morgan fingerprint density at radius 1 is 0.767 bits per heavy atom. The number of amides is 2. The molecule has 0 fully saturated rings. The first-order chi connectivity index (χ1) is 14.5. The summed E-state index contributed by atoms with van der Waals surface area (Å²) in [4.78, 5) is 20.8. The number of aliphatic imine (C=N–C) groups is 1. The number of urea groups is 1. The second-order valence-electron chi connectivity index (χ2n) is 7.08. The van der Waals surface area contributed by atoms with Crippen LogP contribution in [0.3, 0.4) is 0 Å². The zero-order valence-electron chi connectivity index (χ0n) is 17.1. The summed E-state index contributed by atoms with van der Waals surface area (Å²) in [7, 11) is 1.80. The van der Waals surface area contributed by atoms with E-state index in [0.29, 0.717) is 19.6 Å². The number of hydrogen-bond acceptors (Lipinski definition) is 2. The molecule has 0 radical (unpaired) electrons. The van der Waals surface area contributed by atoms with E-state index in [4.69, 9.17) is 11.5 Å². The lowest BCUT2D eigenvalue weighted by molar-refractivity contribution is 0.200. The Kier molecular flexibility index (Phi) is 7.05. The van der Waals surface area contributed by atoms with Crippen molar-refractivity contribution in [3.8, 4) is 0 Å². The topological polar surface area (TPSA) is 88.0 Å². The average Bonchev–Trinajstić information content (AvgIpc) is 2.78. The standard InChI is InChI=1S/C24H27N5O/c1-28(22-10-6-3-7-11-22)24(30)29(17-20-8-4-2-5-9-20)18-21-14-12-19(13-15-21)16-27-23(25)26/h2-15H,16-18H2,1H3,(H4,25,26,27). The average molecular weight is 402 g/mol. The summed E-state index contributed by atoms with van der Waals surface area (Å²) in [6, 6.07) is 27.6. The van der Waals surface area contributed by atoms with E-state index in [1.165, 1.54) is 0 Å². The molecule has 4 N–H and O–H groups in total. The number of carbonyl (C=O) groups excluding carboxylic acids is 1. The van der Waals surface area contributed by atoms with E-state index in [1.54, 1.807) is 11.9 Å². The van der Waals surface area contributed by atoms with Gasteiger partial charge in [-0.1, -0.05) is 72.8 Å². The van der Waals surface area contributed by atoms with Crippen molar-refractivity contribution in [3.05, 3.63) is 102 Å². The largest absolute Gasteiger partial charge is 0.370 e. The first-order valence-corrected chi connectivity index (χ1v) is 9.78. The van der Waals surface area contributed by atoms with Crippen LogP contribution in [0.4, 0.5) is 10.5 Å². The lowest BCUT2D eigenvalue weighted by Gasteiger charge is -2.28. The van der Waals surface area contributed by atoms with Gasteiger partial charge in [0, 0.05) is 25.8 Å². The SMILES string of the molecule is CN(C(=O)N(Cc1ccccc1)Cc1ccc(CN=C(N)N)cc1)c1ccccc1. The van der Waals surface area contributed by atoms with E-state index < -0.39 is 0 Å². The van der Waals surface area contributed by atoms with Gasteiger partial charge in [-0.15, -0.1) is 0 Å². The fourth-order valence-electron chi connectivity index (χ4n) is 3.12. The van der Waals surface area contributed by atoms with Gasteiger partial charge in [-0.05, 0) is 28.8 Å². The summed E-state index contributed by atoms with van der Waals surface area (Å²) >= 11 is 0. The van der Waals surface area contributed by atoms with Crippen LogP contribution < -0.4 is 16.4 Å². The maximum absolute atomic E-state index is 13.3. The molecule has 3 rings (SSSR count). The van der Waals surface area contributed by atoms with Crippen LogP contribution in [0.2, 0.25) is 0 Å². The molecule has 0 aromatic heterocycles. The summed E-state index contributed by atoms with van der Waals surface area (Å²) in [6.07, 6.45) is 0. The molecule has 2 amide bonds. The van der Waals surface area contributed by atoms with Crippen molar-refractivity contribution in [2.24, 2.45) is 16.5 Å². The normalized spacial score (nSPS) is 10.3. The van der Waals surface area contributed by atoms with Crippen molar-refractivity contribution in [2.75, 3.05) is 11.9 Å². The van der Waals surface area contributed by atoms with Gasteiger partial charge in [-0.2, -0.15) is 0 Å². The number of rotatable bonds is 7. The molecule has 6 nitrogen and oxygen atoms in total. The molecule has 0 heterocycles. The highest BCUT2D eigenvalue weighted by molar-refractivity contribution is 5.91. The predicted molar refractivity (Wildman–Crippen MR) is 122 cm³/mol. The van der Waals surface area contributed by atoms with Gasteiger partial charge < -0.3 is 16.4 Å². The second kappa shape index (κ2) is 10.1. The molecule has 0 aliphatic rings. The van der Waals surface area contributed by atoms with Crippen LogP contribution in [0.1, 0.15) is 16.7 Å². The zero-order valence-corrected chi connectivity index (χ0v) is 17.1. The van der Waals surface area contributed by atoms with Gasteiger partial charge in [0.25, 0.3) is 0 Å². The summed E-state index contributed by atoms with van der Waals surface area (Å²) < 4.78 is 0. The number of hydrogen-bond donors (Lipinski definition) is 2. The summed E-state index contributed by atoms with van der Waals surface area (Å²) in [5, 5.41) is 0. The van der Waals surface area contributed by atoms with Crippen molar-refractivity contribution in [1.29, 1.82) is 0 Å². The Labute approximate surface area is 177 Å². The Bertz CT molecular complexity index is 967. The van der Waals surface area contributed by atoms with Crippen LogP contribution in [-0.4, -0.2) is 23.9 Å². The Morgan fingerprint density at radius 3 is 1.83 bits per heavy atom. The van der Waals surface area contributed by atoms with Crippen LogP contribution in [0.15, 0.2) is 89.9 Å². The molecule has 0 unspecified atom stereocenters. The molecule has 0 spiro atoms. The van der Waals surface area contributed by atoms with E-state index in [1.807, 2.05) is 89.8 Å². The molecule has 3 aromatic rings. The smallest absolute Gasteiger partial charge is 0.324 e. The molecule has 0 aliphatic heterocycles. The van der Waals surface area contributed by atoms with Crippen molar-refractivity contribution < 1.29 is 4.79 Å². The fraction of sp³-hybridized carbons (Fsp3) is 0.167. The lowest BCUT2D eigenvalue weighted by Crippen LogP contribution is -2.40. The van der Waals surface area contributed by atoms with Crippen LogP contribution in [0, 0.1) is 0 Å². The molecule has 3 aromatic carbocycles. The Balaban J connectivity index is 1.79. The van der Waals surface area contributed by atoms with Crippen LogP contribution in [-0.2, 0) is 19.6 Å². The number of anilines is 1. The maximum Gasteiger partial charge on any atom is 0.324 e. The van der Waals surface area contributed by atoms with E-state index in [2.05, 4.69) is 4.99 Å². The zero-order chi connectivity index (χ0) is 21.3. The number of nitrogens with zero attached hydrogens (tertiary/aromatic N) is 3. The van der Waals surface area contributed by atoms with Crippen molar-refractivity contribution in [1.82, 2.24) is 4.90 Å². The molecule has 0 aliphatic carbocycles. The number of nitrogens with two attached hydrogens (primary N) is 2. The molecule has 0 saturated heterocycles. The third-order valence-electron chi connectivity index (χ3n) is 4.76. The van der Waals surface area contributed by atoms with Gasteiger partial charge in [-0.25, -0.2) is 9.79 Å². The molecule has 0 saturated carbocycles. The first-order valence-electron chi connectivity index (χ1n) is 9.78. The van der Waals surface area contributed by atoms with Gasteiger partial charge >= 0.3 is 6.03 Å². The third kappa shape index (κ3) is 5.85. The van der Waals surface area contributed by atoms with Crippen LogP contribution in [0.25, 0.3) is 0 Å². The minimum absolute atomic E-state index is 0.0605. The summed E-state index contributed by atoms with van der Waals surface area (Å²) in [5.41, 5.74) is 14.8. The van der Waals surface area contributed by atoms with Gasteiger partial charge in [0.15, 0.2) is 5.96 Å². The molecule has 30 heavy (non-hydrogen) atoms. The van der Waals surface area contributed by atoms with Crippen LogP contribution in [0.5, 0.6) is 0 Å². The molecule has 6 heteroatoms. The predicted octanol–water partition coefficient (Wildman–Crippen LogP) is 3.72. The van der Waals surface area contributed by atoms with Crippen molar-refractivity contribution in [3.63, 3.8) is 0 Å². The van der Waals surface area contributed by atoms with E-state index >= 15 is 0 Å². The monoisotopic (exact) mass is 401 g/mol. The van der Waals surface area contributed by atoms with Crippen molar-refractivity contribution in [2.45, 2.75) is 19.6 Å². The number of para-hydroxylation sites is 1. The van der Waals surface area contributed by atoms with Gasteiger partial charge in [-0.3, -0.25) is 4.90 Å². The van der Waals surface area contributed by atoms with Gasteiger partial charge in [0.1, 0.15) is 0 Å². The molecule has 154 valence electrons. The quantitative estimate of drug-likeness (QED) is 0.467. The van der Waals surface area contributed by atoms with E-state index in [0.717, 1.165) is 22.4 Å². The Morgan fingerprint density at radius 2 is 1.27 bits per heavy atom. The van der Waals surface area contributed by atoms with Crippen molar-refractivity contribution >= 4 is 17.7 Å². The minimum Gasteiger partial charge on any atom is -0.370 e. The summed E-state index contributed by atoms with van der Waals surface area (Å²) in [5.74, 6) is 0.0719. The van der Waals surface area contributed by atoms with E-state index in [-0.39, 0.29) is 12.0 Å². The third-order valence-corrected chi connectivity index (χ3v) is 4.76. The number of guanidine groups is 1. The second-order valence-corrected chi connectivity index (χ2v) is 7.08. The first kappa shape index (κ1) is 20.9. The highest BCUT2D eigenvalue weighted by Gasteiger charge is 2.20. The number of carbonyl (C=O) groups is 1. The maximum atomic E-state index is 13.3. The minimum atomic E-state index is -0.0605.